The molecular formula is C25H29N5O. The number of hydrogen-bond donors (Lipinski definition) is 0. The lowest BCUT2D eigenvalue weighted by atomic mass is 10.0. The zero-order chi connectivity index (χ0) is 21.7. The van der Waals surface area contributed by atoms with E-state index in [1.165, 1.54) is 0 Å². The average Bonchev–Trinajstić information content (AvgIpc) is 3.09. The minimum absolute atomic E-state index is 0.208. The van der Waals surface area contributed by atoms with Gasteiger partial charge < -0.3 is 9.30 Å². The van der Waals surface area contributed by atoms with Crippen LogP contribution in [0.2, 0.25) is 0 Å². The zero-order valence-corrected chi connectivity index (χ0v) is 18.7. The quantitative estimate of drug-likeness (QED) is 0.631. The van der Waals surface area contributed by atoms with Crippen molar-refractivity contribution in [3.63, 3.8) is 0 Å². The normalized spacial score (nSPS) is 22.4. The Morgan fingerprint density at radius 2 is 1.84 bits per heavy atom. The highest BCUT2D eigenvalue weighted by molar-refractivity contribution is 6.04. The van der Waals surface area contributed by atoms with Crippen molar-refractivity contribution in [3.05, 3.63) is 59.3 Å². The summed E-state index contributed by atoms with van der Waals surface area (Å²) in [6.07, 6.45) is 9.14. The number of carbonyl (C=O) groups excluding carboxylic acids is 1. The molecule has 31 heavy (non-hydrogen) atoms. The first-order chi connectivity index (χ1) is 14.9. The third kappa shape index (κ3) is 3.65. The Hall–Kier alpha value is -2.99. The highest BCUT2D eigenvalue weighted by Crippen LogP contribution is 2.32. The lowest BCUT2D eigenvalue weighted by Crippen LogP contribution is -2.55. The maximum Gasteiger partial charge on any atom is 0.163 e. The lowest BCUT2D eigenvalue weighted by Gasteiger charge is -2.43. The van der Waals surface area contributed by atoms with Gasteiger partial charge in [0.2, 0.25) is 0 Å². The van der Waals surface area contributed by atoms with Gasteiger partial charge in [-0.05, 0) is 63.6 Å². The summed E-state index contributed by atoms with van der Waals surface area (Å²) in [5.74, 6) is 0.208. The van der Waals surface area contributed by atoms with Crippen LogP contribution >= 0.6 is 0 Å². The van der Waals surface area contributed by atoms with E-state index in [4.69, 9.17) is 4.98 Å². The number of fused-ring (bicyclic) bond motifs is 2. The number of imidazole rings is 1. The number of hydrogen-bond acceptors (Lipinski definition) is 5. The number of benzene rings is 1. The van der Waals surface area contributed by atoms with Crippen LogP contribution in [0, 0.1) is 6.92 Å². The second kappa shape index (κ2) is 7.61. The smallest absolute Gasteiger partial charge is 0.163 e. The molecule has 3 aromatic rings. The molecule has 2 atom stereocenters. The fourth-order valence-electron chi connectivity index (χ4n) is 4.72. The maximum absolute atomic E-state index is 13.0. The van der Waals surface area contributed by atoms with Gasteiger partial charge in [-0.3, -0.25) is 14.7 Å². The summed E-state index contributed by atoms with van der Waals surface area (Å²) in [4.78, 5) is 26.9. The van der Waals surface area contributed by atoms with Gasteiger partial charge in [-0.1, -0.05) is 6.07 Å². The Bertz CT molecular complexity index is 1180. The van der Waals surface area contributed by atoms with Crippen molar-refractivity contribution in [2.45, 2.75) is 45.7 Å². The fourth-order valence-corrected chi connectivity index (χ4v) is 4.72. The van der Waals surface area contributed by atoms with Crippen molar-refractivity contribution >= 4 is 28.8 Å². The van der Waals surface area contributed by atoms with Gasteiger partial charge in [0.05, 0.1) is 17.6 Å². The molecule has 3 heterocycles. The van der Waals surface area contributed by atoms with E-state index in [-0.39, 0.29) is 5.78 Å². The molecule has 2 aliphatic rings. The number of likely N-dealkylation sites (N-methyl/N-ethyl adjacent to an activating group) is 1. The van der Waals surface area contributed by atoms with Crippen LogP contribution in [0.5, 0.6) is 0 Å². The Morgan fingerprint density at radius 1 is 1.06 bits per heavy atom. The van der Waals surface area contributed by atoms with Crippen LogP contribution in [0.4, 0.5) is 5.69 Å². The van der Waals surface area contributed by atoms with E-state index < -0.39 is 0 Å². The first-order valence-corrected chi connectivity index (χ1v) is 11.1. The van der Waals surface area contributed by atoms with E-state index in [1.54, 1.807) is 6.20 Å². The van der Waals surface area contributed by atoms with Gasteiger partial charge >= 0.3 is 0 Å². The molecule has 1 saturated heterocycles. The van der Waals surface area contributed by atoms with Crippen LogP contribution in [-0.4, -0.2) is 57.3 Å². The number of piperazine rings is 1. The van der Waals surface area contributed by atoms with Crippen LogP contribution in [0.15, 0.2) is 36.8 Å². The molecule has 0 unspecified atom stereocenters. The van der Waals surface area contributed by atoms with E-state index in [2.05, 4.69) is 60.0 Å². The Kier molecular flexibility index (Phi) is 4.89. The number of Topliss-reactive ketones (excluding diaryl/α,β-unsaturated/α-hetero) is 1. The van der Waals surface area contributed by atoms with Crippen molar-refractivity contribution in [1.29, 1.82) is 0 Å². The van der Waals surface area contributed by atoms with Gasteiger partial charge in [-0.25, -0.2) is 4.98 Å². The molecule has 0 spiro atoms. The number of aryl methyl sites for hydroxylation is 1. The molecule has 6 nitrogen and oxygen atoms in total. The molecule has 1 aliphatic carbocycles. The number of ketones is 1. The minimum Gasteiger partial charge on any atom is -0.368 e. The molecule has 160 valence electrons. The summed E-state index contributed by atoms with van der Waals surface area (Å²) in [5.41, 5.74) is 6.75. The van der Waals surface area contributed by atoms with E-state index in [0.29, 0.717) is 24.9 Å². The summed E-state index contributed by atoms with van der Waals surface area (Å²) in [7, 11) is 2.19. The summed E-state index contributed by atoms with van der Waals surface area (Å²) >= 11 is 0. The summed E-state index contributed by atoms with van der Waals surface area (Å²) in [6, 6.07) is 7.32. The van der Waals surface area contributed by atoms with Gasteiger partial charge in [0.1, 0.15) is 0 Å². The van der Waals surface area contributed by atoms with E-state index in [0.717, 1.165) is 52.5 Å². The van der Waals surface area contributed by atoms with Gasteiger partial charge in [0.15, 0.2) is 11.4 Å². The number of nitrogens with zero attached hydrogens (tertiary/aromatic N) is 5. The van der Waals surface area contributed by atoms with E-state index in [9.17, 15) is 4.79 Å². The zero-order valence-electron chi connectivity index (χ0n) is 18.7. The third-order valence-electron chi connectivity index (χ3n) is 6.81. The van der Waals surface area contributed by atoms with Gasteiger partial charge in [0.25, 0.3) is 0 Å². The highest BCUT2D eigenvalue weighted by atomic mass is 16.1. The van der Waals surface area contributed by atoms with Crippen LogP contribution in [-0.2, 0) is 0 Å². The Morgan fingerprint density at radius 3 is 2.61 bits per heavy atom. The highest BCUT2D eigenvalue weighted by Gasteiger charge is 2.27. The van der Waals surface area contributed by atoms with E-state index in [1.807, 2.05) is 23.7 Å². The molecular weight excluding hydrogens is 386 g/mol. The third-order valence-corrected chi connectivity index (χ3v) is 6.81. The molecule has 1 aromatic carbocycles. The molecule has 0 N–H and O–H groups in total. The van der Waals surface area contributed by atoms with Crippen molar-refractivity contribution < 1.29 is 4.79 Å². The average molecular weight is 416 g/mol. The summed E-state index contributed by atoms with van der Waals surface area (Å²) < 4.78 is 2.00. The largest absolute Gasteiger partial charge is 0.368 e. The standard InChI is InChI=1S/C25H29N5O/c1-16-12-30-15-23(27-25(30)11-26-16)20-6-8-24(31)22-10-21(7-5-19(22)9-20)29-13-17(2)28(4)18(3)14-29/h5,7,9-12,15,17-18H,6,8,13-14H2,1-4H3/t17-,18+. The van der Waals surface area contributed by atoms with Gasteiger partial charge in [-0.2, -0.15) is 0 Å². The van der Waals surface area contributed by atoms with Gasteiger partial charge in [0, 0.05) is 55.2 Å². The fraction of sp³-hybridized carbons (Fsp3) is 0.400. The second-order valence-electron chi connectivity index (χ2n) is 9.05. The molecule has 1 aliphatic heterocycles. The molecule has 1 fully saturated rings. The summed E-state index contributed by atoms with van der Waals surface area (Å²) in [5, 5.41) is 0. The number of anilines is 1. The first-order valence-electron chi connectivity index (χ1n) is 11.1. The number of aromatic nitrogens is 3. The van der Waals surface area contributed by atoms with Crippen LogP contribution in [0.1, 0.15) is 54.0 Å². The molecule has 2 aromatic heterocycles. The molecule has 6 heteroatoms. The van der Waals surface area contributed by atoms with Gasteiger partial charge in [-0.15, -0.1) is 0 Å². The minimum atomic E-state index is 0.208. The molecule has 0 radical (unpaired) electrons. The van der Waals surface area contributed by atoms with Crippen molar-refractivity contribution in [3.8, 4) is 0 Å². The van der Waals surface area contributed by atoms with Crippen LogP contribution in [0.25, 0.3) is 17.3 Å². The number of allylic oxidation sites excluding steroid dienone is 1. The monoisotopic (exact) mass is 415 g/mol. The van der Waals surface area contributed by atoms with Crippen molar-refractivity contribution in [1.82, 2.24) is 19.3 Å². The SMILES string of the molecule is Cc1cn2cc(C3=Cc4ccc(N5C[C@@H](C)N(C)[C@@H](C)C5)cc4C(=O)CC3)nc2cn1. The predicted octanol–water partition coefficient (Wildman–Crippen LogP) is 4.08. The Labute approximate surface area is 183 Å². The molecule has 0 bridgehead atoms. The predicted molar refractivity (Wildman–Crippen MR) is 125 cm³/mol. The Balaban J connectivity index is 1.49. The number of carbonyl (C=O) groups is 1. The lowest BCUT2D eigenvalue weighted by molar-refractivity contribution is 0.0984. The maximum atomic E-state index is 13.0. The van der Waals surface area contributed by atoms with Crippen LogP contribution in [0.3, 0.4) is 0 Å². The van der Waals surface area contributed by atoms with Crippen molar-refractivity contribution in [2.24, 2.45) is 0 Å². The number of rotatable bonds is 2. The van der Waals surface area contributed by atoms with Crippen LogP contribution < -0.4 is 4.90 Å². The topological polar surface area (TPSA) is 53.7 Å². The molecule has 0 saturated carbocycles. The molecule has 5 rings (SSSR count). The van der Waals surface area contributed by atoms with Crippen molar-refractivity contribution in [2.75, 3.05) is 25.0 Å². The van der Waals surface area contributed by atoms with E-state index >= 15 is 0 Å². The first kappa shape index (κ1) is 19.9. The molecule has 0 amide bonds. The second-order valence-corrected chi connectivity index (χ2v) is 9.05. The summed E-state index contributed by atoms with van der Waals surface area (Å²) in [6.45, 7) is 8.45.